The van der Waals surface area contributed by atoms with Gasteiger partial charge in [0.15, 0.2) is 5.96 Å². The molecular formula is C28H38N4O6S. The van der Waals surface area contributed by atoms with Crippen molar-refractivity contribution in [1.29, 1.82) is 0 Å². The molecule has 0 bridgehead atoms. The second kappa shape index (κ2) is 13.6. The average Bonchev–Trinajstić information content (AvgIpc) is 2.87. The summed E-state index contributed by atoms with van der Waals surface area (Å²) in [6.45, 7) is 8.91. The van der Waals surface area contributed by atoms with E-state index in [-0.39, 0.29) is 17.2 Å². The van der Waals surface area contributed by atoms with Crippen LogP contribution < -0.4 is 20.1 Å². The zero-order valence-corrected chi connectivity index (χ0v) is 23.8. The van der Waals surface area contributed by atoms with Gasteiger partial charge in [-0.25, -0.2) is 8.42 Å². The number of amides is 1. The highest BCUT2D eigenvalue weighted by molar-refractivity contribution is 7.89. The number of aliphatic imine (C=N–C) groups is 1. The summed E-state index contributed by atoms with van der Waals surface area (Å²) in [6.07, 6.45) is 1.88. The number of nitrogens with one attached hydrogen (secondary N) is 3. The molecule has 0 radical (unpaired) electrons. The van der Waals surface area contributed by atoms with Crippen molar-refractivity contribution >= 4 is 27.9 Å². The molecule has 0 saturated carbocycles. The van der Waals surface area contributed by atoms with Crippen molar-refractivity contribution in [3.63, 3.8) is 0 Å². The number of nitrogens with zero attached hydrogens (tertiary/aromatic N) is 1. The Balaban J connectivity index is 1.57. The quantitative estimate of drug-likeness (QED) is 0.285. The Morgan fingerprint density at radius 2 is 1.77 bits per heavy atom. The number of carbonyl (C=O) groups excluding carboxylic acids is 2. The van der Waals surface area contributed by atoms with Gasteiger partial charge in [0.25, 0.3) is 0 Å². The molecule has 1 heterocycles. The first-order chi connectivity index (χ1) is 18.4. The highest BCUT2D eigenvalue weighted by Gasteiger charge is 2.30. The van der Waals surface area contributed by atoms with E-state index in [4.69, 9.17) is 9.47 Å². The van der Waals surface area contributed by atoms with E-state index in [9.17, 15) is 18.0 Å². The molecule has 0 unspecified atom stereocenters. The zero-order chi connectivity index (χ0) is 28.5. The second-order valence-corrected chi connectivity index (χ2v) is 12.1. The molecule has 2 aromatic carbocycles. The summed E-state index contributed by atoms with van der Waals surface area (Å²) in [7, 11) is -3.96. The highest BCUT2D eigenvalue weighted by atomic mass is 32.2. The van der Waals surface area contributed by atoms with Gasteiger partial charge in [-0.2, -0.15) is 4.72 Å². The van der Waals surface area contributed by atoms with Crippen molar-refractivity contribution in [2.75, 3.05) is 19.7 Å². The lowest BCUT2D eigenvalue weighted by Gasteiger charge is -2.24. The molecule has 0 fully saturated rings. The Hall–Kier alpha value is -3.44. The van der Waals surface area contributed by atoms with E-state index in [1.54, 1.807) is 57.2 Å². The largest absolute Gasteiger partial charge is 0.494 e. The lowest BCUT2D eigenvalue weighted by Crippen LogP contribution is -2.45. The van der Waals surface area contributed by atoms with Crippen molar-refractivity contribution in [2.45, 2.75) is 69.9 Å². The minimum atomic E-state index is -3.96. The Bertz CT molecular complexity index is 1250. The summed E-state index contributed by atoms with van der Waals surface area (Å²) in [5, 5.41) is 5.80. The first kappa shape index (κ1) is 30.1. The number of hydrogen-bond donors (Lipinski definition) is 3. The molecule has 10 nitrogen and oxygen atoms in total. The number of sulfonamides is 1. The summed E-state index contributed by atoms with van der Waals surface area (Å²) in [5.74, 6) is 0.342. The molecule has 11 heteroatoms. The third kappa shape index (κ3) is 10.3. The van der Waals surface area contributed by atoms with Crippen LogP contribution in [-0.4, -0.2) is 57.6 Å². The van der Waals surface area contributed by atoms with Gasteiger partial charge in [-0.05, 0) is 76.8 Å². The third-order valence-electron chi connectivity index (χ3n) is 5.66. The van der Waals surface area contributed by atoms with Gasteiger partial charge in [0.1, 0.15) is 17.4 Å². The summed E-state index contributed by atoms with van der Waals surface area (Å²) < 4.78 is 39.7. The molecule has 1 aliphatic rings. The maximum atomic E-state index is 13.0. The van der Waals surface area contributed by atoms with Gasteiger partial charge < -0.3 is 14.8 Å². The van der Waals surface area contributed by atoms with Crippen LogP contribution in [0.1, 0.15) is 51.2 Å². The fourth-order valence-corrected chi connectivity index (χ4v) is 4.89. The molecule has 1 amide bonds. The number of esters is 1. The molecule has 0 aliphatic carbocycles. The number of ether oxygens (including phenoxy) is 2. The molecule has 1 aliphatic heterocycles. The van der Waals surface area contributed by atoms with Crippen molar-refractivity contribution < 1.29 is 27.5 Å². The topological polar surface area (TPSA) is 135 Å². The van der Waals surface area contributed by atoms with Crippen LogP contribution in [0.2, 0.25) is 0 Å². The zero-order valence-electron chi connectivity index (χ0n) is 23.0. The van der Waals surface area contributed by atoms with Gasteiger partial charge in [-0.1, -0.05) is 29.8 Å². The van der Waals surface area contributed by atoms with E-state index in [1.165, 1.54) is 12.1 Å². The Morgan fingerprint density at radius 3 is 2.38 bits per heavy atom. The number of guanidine groups is 1. The monoisotopic (exact) mass is 558 g/mol. The predicted octanol–water partition coefficient (Wildman–Crippen LogP) is 2.85. The van der Waals surface area contributed by atoms with Gasteiger partial charge in [-0.3, -0.25) is 19.9 Å². The number of hydrogen-bond acceptors (Lipinski definition) is 8. The van der Waals surface area contributed by atoms with E-state index in [1.807, 2.05) is 6.92 Å². The van der Waals surface area contributed by atoms with E-state index in [0.29, 0.717) is 37.7 Å². The lowest BCUT2D eigenvalue weighted by atomic mass is 10.1. The van der Waals surface area contributed by atoms with Crippen LogP contribution in [0.4, 0.5) is 0 Å². The summed E-state index contributed by atoms with van der Waals surface area (Å²) >= 11 is 0. The predicted molar refractivity (Wildman–Crippen MR) is 149 cm³/mol. The van der Waals surface area contributed by atoms with Crippen LogP contribution in [0.25, 0.3) is 0 Å². The molecule has 212 valence electrons. The standard InChI is InChI=1S/C28H38N4O6S/c1-20-8-14-23(15-9-20)39(35,36)32-24(26(34)38-28(2,3)4)19-21-10-12-22(13-11-21)37-18-5-7-25(33)31-27-29-16-6-17-30-27/h8-15,24,32H,5-7,16-19H2,1-4H3,(H2,29,30,31,33)/t24-/m0/s1. The van der Waals surface area contributed by atoms with Gasteiger partial charge in [0, 0.05) is 19.5 Å². The molecule has 0 spiro atoms. The minimum Gasteiger partial charge on any atom is -0.494 e. The Kier molecular flexibility index (Phi) is 10.5. The first-order valence-electron chi connectivity index (χ1n) is 13.0. The van der Waals surface area contributed by atoms with Gasteiger partial charge >= 0.3 is 5.97 Å². The number of carbonyl (C=O) groups is 2. The first-order valence-corrected chi connectivity index (χ1v) is 14.5. The Labute approximate surface area is 230 Å². The maximum Gasteiger partial charge on any atom is 0.325 e. The third-order valence-corrected chi connectivity index (χ3v) is 7.14. The normalized spacial score (nSPS) is 14.5. The maximum absolute atomic E-state index is 13.0. The molecule has 1 atom stereocenters. The van der Waals surface area contributed by atoms with E-state index in [0.717, 1.165) is 24.1 Å². The van der Waals surface area contributed by atoms with Crippen molar-refractivity contribution in [2.24, 2.45) is 4.99 Å². The van der Waals surface area contributed by atoms with Crippen LogP contribution in [0, 0.1) is 6.92 Å². The van der Waals surface area contributed by atoms with Gasteiger partial charge in [0.2, 0.25) is 15.9 Å². The summed E-state index contributed by atoms with van der Waals surface area (Å²) in [5.41, 5.74) is 0.874. The molecular weight excluding hydrogens is 520 g/mol. The average molecular weight is 559 g/mol. The van der Waals surface area contributed by atoms with Gasteiger partial charge in [0.05, 0.1) is 11.5 Å². The molecule has 0 aromatic heterocycles. The van der Waals surface area contributed by atoms with E-state index < -0.39 is 27.6 Å². The van der Waals surface area contributed by atoms with E-state index in [2.05, 4.69) is 20.3 Å². The summed E-state index contributed by atoms with van der Waals surface area (Å²) in [6, 6.07) is 12.3. The van der Waals surface area contributed by atoms with Crippen LogP contribution in [0.3, 0.4) is 0 Å². The number of benzene rings is 2. The van der Waals surface area contributed by atoms with Crippen molar-refractivity contribution in [3.05, 3.63) is 59.7 Å². The van der Waals surface area contributed by atoms with Crippen LogP contribution >= 0.6 is 0 Å². The van der Waals surface area contributed by atoms with Crippen LogP contribution in [-0.2, 0) is 30.8 Å². The minimum absolute atomic E-state index is 0.0714. The molecule has 3 N–H and O–H groups in total. The Morgan fingerprint density at radius 1 is 1.08 bits per heavy atom. The van der Waals surface area contributed by atoms with Crippen molar-refractivity contribution in [3.8, 4) is 5.75 Å². The summed E-state index contributed by atoms with van der Waals surface area (Å²) in [4.78, 5) is 29.3. The fraction of sp³-hybridized carbons (Fsp3) is 0.464. The number of aryl methyl sites for hydroxylation is 1. The fourth-order valence-electron chi connectivity index (χ4n) is 3.71. The SMILES string of the molecule is Cc1ccc(S(=O)(=O)N[C@@H](Cc2ccc(OCCCC(=O)NC3=NCCCN3)cc2)C(=O)OC(C)(C)C)cc1. The lowest BCUT2D eigenvalue weighted by molar-refractivity contribution is -0.156. The van der Waals surface area contributed by atoms with Crippen LogP contribution in [0.5, 0.6) is 5.75 Å². The van der Waals surface area contributed by atoms with Crippen LogP contribution in [0.15, 0.2) is 58.4 Å². The molecule has 39 heavy (non-hydrogen) atoms. The smallest absolute Gasteiger partial charge is 0.325 e. The van der Waals surface area contributed by atoms with E-state index >= 15 is 0 Å². The van der Waals surface area contributed by atoms with Gasteiger partial charge in [-0.15, -0.1) is 0 Å². The second-order valence-electron chi connectivity index (χ2n) is 10.4. The van der Waals surface area contributed by atoms with Crippen molar-refractivity contribution in [1.82, 2.24) is 15.4 Å². The molecule has 3 rings (SSSR count). The highest BCUT2D eigenvalue weighted by Crippen LogP contribution is 2.18. The molecule has 2 aromatic rings. The molecule has 0 saturated heterocycles. The number of rotatable bonds is 11.